The Morgan fingerprint density at radius 3 is 1.39 bits per heavy atom. The fourth-order valence-corrected chi connectivity index (χ4v) is 7.78. The number of ketones is 2. The first-order chi connectivity index (χ1) is 33.8. The molecule has 0 bridgehead atoms. The number of alkyl halides is 3. The zero-order valence-electron chi connectivity index (χ0n) is 39.2. The van der Waals surface area contributed by atoms with Crippen molar-refractivity contribution in [3.63, 3.8) is 0 Å². The van der Waals surface area contributed by atoms with Crippen LogP contribution in [-0.2, 0) is 25.6 Å². The Morgan fingerprint density at radius 2 is 0.986 bits per heavy atom. The molecule has 4 unspecified atom stereocenters. The van der Waals surface area contributed by atoms with Crippen molar-refractivity contribution in [2.45, 2.75) is 70.8 Å². The molecule has 372 valence electrons. The number of hydrogen-bond acceptors (Lipinski definition) is 12. The molecule has 0 saturated heterocycles. The van der Waals surface area contributed by atoms with Crippen LogP contribution in [0.4, 0.5) is 34.1 Å². The second-order valence-corrected chi connectivity index (χ2v) is 18.2. The van der Waals surface area contributed by atoms with E-state index in [1.165, 1.54) is 68.4 Å². The highest BCUT2D eigenvalue weighted by Gasteiger charge is 2.26. The Kier molecular flexibility index (Phi) is 20.4. The average Bonchev–Trinajstić information content (AvgIpc) is 3.30. The van der Waals surface area contributed by atoms with Crippen LogP contribution in [0, 0.1) is 0 Å². The molecule has 0 aromatic heterocycles. The Labute approximate surface area is 435 Å². The van der Waals surface area contributed by atoms with Crippen LogP contribution in [0.25, 0.3) is 0 Å². The summed E-state index contributed by atoms with van der Waals surface area (Å²) in [6, 6.07) is 19.8. The van der Waals surface area contributed by atoms with Crippen molar-refractivity contribution in [3.05, 3.63) is 129 Å². The van der Waals surface area contributed by atoms with Crippen molar-refractivity contribution < 1.29 is 38.2 Å². The van der Waals surface area contributed by atoms with Gasteiger partial charge in [0.15, 0.2) is 11.6 Å². The number of benzene rings is 5. The minimum Gasteiger partial charge on any atom is -0.494 e. The fourth-order valence-electron chi connectivity index (χ4n) is 6.78. The molecule has 0 saturated carbocycles. The van der Waals surface area contributed by atoms with Crippen molar-refractivity contribution in [2.24, 2.45) is 20.5 Å². The molecule has 71 heavy (non-hydrogen) atoms. The first-order valence-electron chi connectivity index (χ1n) is 22.0. The van der Waals surface area contributed by atoms with Gasteiger partial charge >= 0.3 is 0 Å². The molecule has 0 fully saturated rings. The predicted molar refractivity (Wildman–Crippen MR) is 279 cm³/mol. The average molecular weight is 1070 g/mol. The topological polar surface area (TPSA) is 218 Å². The van der Waals surface area contributed by atoms with Gasteiger partial charge in [0.25, 0.3) is 23.6 Å². The number of azo groups is 2. The van der Waals surface area contributed by atoms with E-state index < -0.39 is 58.0 Å². The minimum absolute atomic E-state index is 0.0899. The SMILES string of the molecule is CCOc1ccc(NC(=O)c2cc(Cl)cc(N=NC(C(C)=O)C(=O)Nc3ccc(NC(=O)C(N=Nc4cc(Cl)cc(C(=O)Nc5ccc(OCC)c(C(C)Cl)c5)c4)C(C)=O)c(CCCl)c3)c2)cc1C(C)Cl. The van der Waals surface area contributed by atoms with Gasteiger partial charge in [-0.15, -0.1) is 34.8 Å². The van der Waals surface area contributed by atoms with Gasteiger partial charge in [0.1, 0.15) is 11.5 Å². The van der Waals surface area contributed by atoms with Gasteiger partial charge in [-0.1, -0.05) is 23.2 Å². The Morgan fingerprint density at radius 1 is 0.563 bits per heavy atom. The standard InChI is InChI=1S/C50H49Cl5N8O8/c1-7-70-43-13-10-36(24-40(43)26(3)52)56-47(66)31-17-33(54)22-38(20-31)60-62-45(28(5)64)49(68)58-35-9-12-42(30(19-35)15-16-51)59-50(69)46(29(6)65)63-61-39-21-32(18-34(55)23-39)48(67)57-37-11-14-44(71-8-2)41(25-37)27(4)53/h9-14,17-27,45-46H,7-8,15-16H2,1-6H3,(H,56,66)(H,57,67)(H,58,68)(H,59,69). The summed E-state index contributed by atoms with van der Waals surface area (Å²) in [5.41, 5.74) is 3.63. The van der Waals surface area contributed by atoms with Crippen LogP contribution in [0.1, 0.15) is 89.7 Å². The lowest BCUT2D eigenvalue weighted by molar-refractivity contribution is -0.127. The Balaban J connectivity index is 1.27. The molecule has 0 aliphatic carbocycles. The van der Waals surface area contributed by atoms with Crippen molar-refractivity contribution in [1.82, 2.24) is 0 Å². The second-order valence-electron chi connectivity index (χ2n) is 15.7. The molecule has 5 aromatic rings. The molecule has 16 nitrogen and oxygen atoms in total. The van der Waals surface area contributed by atoms with E-state index >= 15 is 0 Å². The summed E-state index contributed by atoms with van der Waals surface area (Å²) in [6.07, 6.45) is 0.204. The molecular formula is C50H49Cl5N8O8. The maximum atomic E-state index is 13.6. The lowest BCUT2D eigenvalue weighted by Crippen LogP contribution is -2.32. The normalized spacial score (nSPS) is 12.9. The molecule has 0 spiro atoms. The summed E-state index contributed by atoms with van der Waals surface area (Å²) >= 11 is 31.5. The van der Waals surface area contributed by atoms with E-state index in [2.05, 4.69) is 41.7 Å². The van der Waals surface area contributed by atoms with E-state index in [0.717, 1.165) is 0 Å². The molecule has 0 aliphatic heterocycles. The molecule has 4 N–H and O–H groups in total. The summed E-state index contributed by atoms with van der Waals surface area (Å²) in [5.74, 6) is -2.72. The molecule has 5 rings (SSSR count). The molecule has 21 heteroatoms. The highest BCUT2D eigenvalue weighted by molar-refractivity contribution is 6.32. The van der Waals surface area contributed by atoms with Crippen molar-refractivity contribution in [1.29, 1.82) is 0 Å². The van der Waals surface area contributed by atoms with Gasteiger partial charge in [-0.25, -0.2) is 0 Å². The summed E-state index contributed by atoms with van der Waals surface area (Å²) in [4.78, 5) is 79.1. The second kappa shape index (κ2) is 26.1. The highest BCUT2D eigenvalue weighted by Crippen LogP contribution is 2.34. The monoisotopic (exact) mass is 1060 g/mol. The number of rotatable bonds is 22. The van der Waals surface area contributed by atoms with Crippen molar-refractivity contribution in [3.8, 4) is 11.5 Å². The lowest BCUT2D eigenvalue weighted by atomic mass is 10.1. The number of carbonyl (C=O) groups is 6. The van der Waals surface area contributed by atoms with Crippen LogP contribution in [0.3, 0.4) is 0 Å². The van der Waals surface area contributed by atoms with Crippen molar-refractivity contribution in [2.75, 3.05) is 40.4 Å². The van der Waals surface area contributed by atoms with Gasteiger partial charge in [-0.2, -0.15) is 20.5 Å². The van der Waals surface area contributed by atoms with E-state index in [4.69, 9.17) is 67.5 Å². The number of nitrogens with zero attached hydrogens (tertiary/aromatic N) is 4. The number of aryl methyl sites for hydroxylation is 1. The Bertz CT molecular complexity index is 2880. The summed E-state index contributed by atoms with van der Waals surface area (Å²) in [7, 11) is 0. The van der Waals surface area contributed by atoms with Crippen LogP contribution in [0.5, 0.6) is 11.5 Å². The van der Waals surface area contributed by atoms with Crippen molar-refractivity contribution >= 4 is 127 Å². The molecule has 4 atom stereocenters. The largest absolute Gasteiger partial charge is 0.494 e. The number of Topliss-reactive ketones (excluding diaryl/α,β-unsaturated/α-hetero) is 2. The third kappa shape index (κ3) is 15.8. The Hall–Kier alpha value is -6.43. The number of nitrogens with one attached hydrogen (secondary N) is 4. The lowest BCUT2D eigenvalue weighted by Gasteiger charge is -2.15. The third-order valence-electron chi connectivity index (χ3n) is 10.1. The van der Waals surface area contributed by atoms with Crippen LogP contribution < -0.4 is 30.7 Å². The number of anilines is 4. The van der Waals surface area contributed by atoms with Gasteiger partial charge in [0.2, 0.25) is 12.1 Å². The molecule has 0 radical (unpaired) electrons. The predicted octanol–water partition coefficient (Wildman–Crippen LogP) is 13.0. The van der Waals surface area contributed by atoms with Gasteiger partial charge in [0, 0.05) is 60.9 Å². The maximum Gasteiger partial charge on any atom is 0.258 e. The van der Waals surface area contributed by atoms with E-state index in [0.29, 0.717) is 52.8 Å². The number of halogens is 5. The van der Waals surface area contributed by atoms with E-state index in [9.17, 15) is 28.8 Å². The van der Waals surface area contributed by atoms with E-state index in [1.54, 1.807) is 50.2 Å². The molecular weight excluding hydrogens is 1020 g/mol. The minimum atomic E-state index is -1.62. The number of hydrogen-bond donors (Lipinski definition) is 4. The van der Waals surface area contributed by atoms with Crippen LogP contribution >= 0.6 is 58.0 Å². The van der Waals surface area contributed by atoms with E-state index in [1.807, 2.05) is 13.8 Å². The van der Waals surface area contributed by atoms with E-state index in [-0.39, 0.29) is 56.2 Å². The number of amides is 4. The van der Waals surface area contributed by atoms with Gasteiger partial charge in [-0.05, 0) is 145 Å². The zero-order valence-corrected chi connectivity index (χ0v) is 43.0. The molecule has 0 heterocycles. The first kappa shape index (κ1) is 55.5. The molecule has 0 aliphatic rings. The summed E-state index contributed by atoms with van der Waals surface area (Å²) < 4.78 is 11.3. The number of ether oxygens (including phenoxy) is 2. The highest BCUT2D eigenvalue weighted by atomic mass is 35.5. The number of carbonyl (C=O) groups excluding carboxylic acids is 6. The summed E-state index contributed by atoms with van der Waals surface area (Å²) in [5, 5.41) is 26.6. The maximum absolute atomic E-state index is 13.6. The smallest absolute Gasteiger partial charge is 0.258 e. The van der Waals surface area contributed by atoms with Gasteiger partial charge in [0.05, 0.1) is 35.3 Å². The van der Waals surface area contributed by atoms with Crippen LogP contribution in [-0.4, -0.2) is 66.4 Å². The van der Waals surface area contributed by atoms with Gasteiger partial charge in [-0.3, -0.25) is 28.8 Å². The quantitative estimate of drug-likeness (QED) is 0.0296. The molecule has 4 amide bonds. The zero-order chi connectivity index (χ0) is 51.9. The first-order valence-corrected chi connectivity index (χ1v) is 24.2. The third-order valence-corrected chi connectivity index (χ3v) is 11.2. The van der Waals surface area contributed by atoms with Gasteiger partial charge < -0.3 is 30.7 Å². The fraction of sp³-hybridized carbons (Fsp3) is 0.280. The van der Waals surface area contributed by atoms with Crippen LogP contribution in [0.2, 0.25) is 10.0 Å². The molecule has 5 aromatic carbocycles. The summed E-state index contributed by atoms with van der Waals surface area (Å²) in [6.45, 7) is 10.5. The van der Waals surface area contributed by atoms with Crippen LogP contribution in [0.15, 0.2) is 111 Å².